The van der Waals surface area contributed by atoms with Crippen molar-refractivity contribution >= 4 is 10.9 Å². The van der Waals surface area contributed by atoms with Crippen molar-refractivity contribution in [3.63, 3.8) is 0 Å². The van der Waals surface area contributed by atoms with Gasteiger partial charge in [-0.1, -0.05) is 18.2 Å². The summed E-state index contributed by atoms with van der Waals surface area (Å²) in [5, 5.41) is 14.3. The molecule has 0 bridgehead atoms. The molecule has 0 saturated carbocycles. The minimum Gasteiger partial charge on any atom is -0.382 e. The summed E-state index contributed by atoms with van der Waals surface area (Å²) in [5.41, 5.74) is 1.20. The molecule has 3 nitrogen and oxygen atoms in total. The molecule has 0 aliphatic carbocycles. The van der Waals surface area contributed by atoms with Crippen LogP contribution in [0.15, 0.2) is 36.5 Å². The van der Waals surface area contributed by atoms with Gasteiger partial charge in [0, 0.05) is 24.7 Å². The Bertz CT molecular complexity index is 506. The van der Waals surface area contributed by atoms with Gasteiger partial charge < -0.3 is 10.4 Å². The predicted molar refractivity (Wildman–Crippen MR) is 58.5 cm³/mol. The molecule has 0 radical (unpaired) electrons. The first-order valence-corrected chi connectivity index (χ1v) is 5.06. The first kappa shape index (κ1) is 8.83. The fraction of sp³-hybridized carbons (Fsp3) is 0.250. The maximum Gasteiger partial charge on any atom is 0.114 e. The van der Waals surface area contributed by atoms with Gasteiger partial charge in [0.1, 0.15) is 5.60 Å². The van der Waals surface area contributed by atoms with Crippen molar-refractivity contribution in [2.45, 2.75) is 5.60 Å². The number of benzene rings is 1. The van der Waals surface area contributed by atoms with E-state index in [4.69, 9.17) is 0 Å². The van der Waals surface area contributed by atoms with Gasteiger partial charge in [-0.15, -0.1) is 0 Å². The fourth-order valence-electron chi connectivity index (χ4n) is 1.92. The van der Waals surface area contributed by atoms with E-state index in [0.29, 0.717) is 13.1 Å². The number of nitrogens with one attached hydrogen (secondary N) is 1. The SMILES string of the molecule is OC1(c2ccc3cccnc3c2)CNC1. The molecule has 1 aromatic carbocycles. The largest absolute Gasteiger partial charge is 0.382 e. The monoisotopic (exact) mass is 200 g/mol. The van der Waals surface area contributed by atoms with Crippen LogP contribution in [0.4, 0.5) is 0 Å². The van der Waals surface area contributed by atoms with Crippen molar-refractivity contribution in [2.24, 2.45) is 0 Å². The van der Waals surface area contributed by atoms with Gasteiger partial charge in [0.2, 0.25) is 0 Å². The van der Waals surface area contributed by atoms with Crippen molar-refractivity contribution in [1.29, 1.82) is 0 Å². The van der Waals surface area contributed by atoms with Gasteiger partial charge in [0.05, 0.1) is 5.52 Å². The molecule has 3 heteroatoms. The minimum absolute atomic E-state index is 0.630. The highest BCUT2D eigenvalue weighted by Gasteiger charge is 2.36. The highest BCUT2D eigenvalue weighted by molar-refractivity contribution is 5.79. The molecule has 15 heavy (non-hydrogen) atoms. The second kappa shape index (κ2) is 3.02. The number of aliphatic hydroxyl groups is 1. The van der Waals surface area contributed by atoms with Gasteiger partial charge in [-0.25, -0.2) is 0 Å². The normalized spacial score (nSPS) is 18.7. The van der Waals surface area contributed by atoms with Gasteiger partial charge in [0.25, 0.3) is 0 Å². The standard InChI is InChI=1S/C12H12N2O/c15-12(7-13-8-12)10-4-3-9-2-1-5-14-11(9)6-10/h1-6,13,15H,7-8H2. The summed E-state index contributed by atoms with van der Waals surface area (Å²) in [6.07, 6.45) is 1.77. The van der Waals surface area contributed by atoms with Crippen LogP contribution in [0.3, 0.4) is 0 Å². The molecular weight excluding hydrogens is 188 g/mol. The topological polar surface area (TPSA) is 45.2 Å². The van der Waals surface area contributed by atoms with E-state index in [1.165, 1.54) is 0 Å². The lowest BCUT2D eigenvalue weighted by Crippen LogP contribution is -2.56. The van der Waals surface area contributed by atoms with E-state index in [0.717, 1.165) is 16.5 Å². The maximum absolute atomic E-state index is 10.2. The molecule has 0 amide bonds. The van der Waals surface area contributed by atoms with Crippen LogP contribution < -0.4 is 5.32 Å². The summed E-state index contributed by atoms with van der Waals surface area (Å²) in [4.78, 5) is 4.28. The third-order valence-electron chi connectivity index (χ3n) is 2.98. The van der Waals surface area contributed by atoms with Crippen LogP contribution in [0.1, 0.15) is 5.56 Å². The van der Waals surface area contributed by atoms with Gasteiger partial charge >= 0.3 is 0 Å². The fourth-order valence-corrected chi connectivity index (χ4v) is 1.92. The van der Waals surface area contributed by atoms with E-state index in [2.05, 4.69) is 10.3 Å². The minimum atomic E-state index is -0.689. The average molecular weight is 200 g/mol. The summed E-state index contributed by atoms with van der Waals surface area (Å²) in [7, 11) is 0. The van der Waals surface area contributed by atoms with Crippen molar-refractivity contribution < 1.29 is 5.11 Å². The summed E-state index contributed by atoms with van der Waals surface area (Å²) < 4.78 is 0. The molecule has 1 aliphatic heterocycles. The number of hydrogen-bond acceptors (Lipinski definition) is 3. The first-order valence-electron chi connectivity index (χ1n) is 5.06. The van der Waals surface area contributed by atoms with Crippen molar-refractivity contribution in [3.05, 3.63) is 42.1 Å². The summed E-state index contributed by atoms with van der Waals surface area (Å²) >= 11 is 0. The predicted octanol–water partition coefficient (Wildman–Crippen LogP) is 1.03. The van der Waals surface area contributed by atoms with E-state index >= 15 is 0 Å². The Morgan fingerprint density at radius 2 is 2.13 bits per heavy atom. The van der Waals surface area contributed by atoms with Gasteiger partial charge in [-0.05, 0) is 17.7 Å². The number of fused-ring (bicyclic) bond motifs is 1. The molecule has 3 rings (SSSR count). The van der Waals surface area contributed by atoms with E-state index in [9.17, 15) is 5.11 Å². The molecule has 1 fully saturated rings. The molecule has 2 N–H and O–H groups in total. The second-order valence-electron chi connectivity index (χ2n) is 4.05. The average Bonchev–Trinajstić information content (AvgIpc) is 2.25. The molecule has 1 saturated heterocycles. The van der Waals surface area contributed by atoms with Crippen LogP contribution in [0.5, 0.6) is 0 Å². The number of pyridine rings is 1. The molecule has 0 atom stereocenters. The van der Waals surface area contributed by atoms with E-state index < -0.39 is 5.60 Å². The number of rotatable bonds is 1. The lowest BCUT2D eigenvalue weighted by Gasteiger charge is -2.38. The quantitative estimate of drug-likeness (QED) is 0.722. The lowest BCUT2D eigenvalue weighted by molar-refractivity contribution is -0.0145. The Balaban J connectivity index is 2.14. The highest BCUT2D eigenvalue weighted by Crippen LogP contribution is 2.27. The van der Waals surface area contributed by atoms with E-state index in [-0.39, 0.29) is 0 Å². The molecule has 2 aromatic rings. The van der Waals surface area contributed by atoms with Gasteiger partial charge in [-0.2, -0.15) is 0 Å². The smallest absolute Gasteiger partial charge is 0.114 e. The zero-order valence-corrected chi connectivity index (χ0v) is 8.27. The molecule has 0 spiro atoms. The van der Waals surface area contributed by atoms with Gasteiger partial charge in [-0.3, -0.25) is 4.98 Å². The van der Waals surface area contributed by atoms with Crippen molar-refractivity contribution in [3.8, 4) is 0 Å². The maximum atomic E-state index is 10.2. The summed E-state index contributed by atoms with van der Waals surface area (Å²) in [6, 6.07) is 9.89. The van der Waals surface area contributed by atoms with Crippen LogP contribution in [-0.4, -0.2) is 23.2 Å². The molecule has 0 unspecified atom stereocenters. The number of β-amino-alcohol motifs (C(OH)–C–C–N with tert-alkyl or cyclic N) is 1. The summed E-state index contributed by atoms with van der Waals surface area (Å²) in [6.45, 7) is 1.26. The Morgan fingerprint density at radius 1 is 1.27 bits per heavy atom. The van der Waals surface area contributed by atoms with Crippen LogP contribution in [-0.2, 0) is 5.60 Å². The number of nitrogens with zero attached hydrogens (tertiary/aromatic N) is 1. The van der Waals surface area contributed by atoms with E-state index in [1.807, 2.05) is 30.3 Å². The van der Waals surface area contributed by atoms with Gasteiger partial charge in [0.15, 0.2) is 0 Å². The van der Waals surface area contributed by atoms with Crippen LogP contribution >= 0.6 is 0 Å². The Labute approximate surface area is 87.8 Å². The third-order valence-corrected chi connectivity index (χ3v) is 2.98. The molecule has 1 aliphatic rings. The second-order valence-corrected chi connectivity index (χ2v) is 4.05. The zero-order valence-electron chi connectivity index (χ0n) is 8.27. The molecule has 2 heterocycles. The Kier molecular flexibility index (Phi) is 1.78. The van der Waals surface area contributed by atoms with Crippen molar-refractivity contribution in [2.75, 3.05) is 13.1 Å². The number of aromatic nitrogens is 1. The molecule has 76 valence electrons. The molecule has 1 aromatic heterocycles. The first-order chi connectivity index (χ1) is 7.28. The van der Waals surface area contributed by atoms with Crippen LogP contribution in [0.2, 0.25) is 0 Å². The Hall–Kier alpha value is -1.45. The van der Waals surface area contributed by atoms with E-state index in [1.54, 1.807) is 6.20 Å². The third kappa shape index (κ3) is 1.32. The number of hydrogen-bond donors (Lipinski definition) is 2. The van der Waals surface area contributed by atoms with Crippen molar-refractivity contribution in [1.82, 2.24) is 10.3 Å². The highest BCUT2D eigenvalue weighted by atomic mass is 16.3. The van der Waals surface area contributed by atoms with Crippen LogP contribution in [0, 0.1) is 0 Å². The Morgan fingerprint density at radius 3 is 2.87 bits per heavy atom. The summed E-state index contributed by atoms with van der Waals surface area (Å²) in [5.74, 6) is 0. The van der Waals surface area contributed by atoms with Crippen LogP contribution in [0.25, 0.3) is 10.9 Å². The molecular formula is C12H12N2O. The zero-order chi connectivity index (χ0) is 10.3. The lowest BCUT2D eigenvalue weighted by atomic mass is 9.88.